The van der Waals surface area contributed by atoms with E-state index in [9.17, 15) is 9.90 Å². The summed E-state index contributed by atoms with van der Waals surface area (Å²) in [5, 5.41) is 14.2. The van der Waals surface area contributed by atoms with Crippen molar-refractivity contribution in [2.75, 3.05) is 13.7 Å². The lowest BCUT2D eigenvalue weighted by Crippen LogP contribution is -2.75. The molecule has 1 aliphatic heterocycles. The Balaban J connectivity index is 1.61. The van der Waals surface area contributed by atoms with Crippen LogP contribution in [0.1, 0.15) is 49.8 Å². The molecule has 5 nitrogen and oxygen atoms in total. The molecule has 2 aromatic carbocycles. The molecule has 174 valence electrons. The van der Waals surface area contributed by atoms with Crippen LogP contribution < -0.4 is 10.1 Å². The Morgan fingerprint density at radius 1 is 1.21 bits per heavy atom. The molecular formula is C28H33NO4. The lowest BCUT2D eigenvalue weighted by molar-refractivity contribution is -0.167. The van der Waals surface area contributed by atoms with Gasteiger partial charge >= 0.3 is 0 Å². The molecule has 1 unspecified atom stereocenters. The summed E-state index contributed by atoms with van der Waals surface area (Å²) in [4.78, 5) is 13.4. The first-order valence-corrected chi connectivity index (χ1v) is 12.1. The summed E-state index contributed by atoms with van der Waals surface area (Å²) in [5.74, 6) is 0.471. The number of rotatable bonds is 8. The van der Waals surface area contributed by atoms with Gasteiger partial charge in [-0.3, -0.25) is 4.79 Å². The van der Waals surface area contributed by atoms with Crippen molar-refractivity contribution in [1.82, 2.24) is 5.32 Å². The quantitative estimate of drug-likeness (QED) is 0.592. The monoisotopic (exact) mass is 447 g/mol. The number of phenols is 1. The molecule has 0 fully saturated rings. The maximum absolute atomic E-state index is 13.4. The van der Waals surface area contributed by atoms with Gasteiger partial charge in [0.05, 0.1) is 5.41 Å². The molecular weight excluding hydrogens is 414 g/mol. The third-order valence-corrected chi connectivity index (χ3v) is 8.10. The molecule has 33 heavy (non-hydrogen) atoms. The predicted octanol–water partition coefficient (Wildman–Crippen LogP) is 4.25. The summed E-state index contributed by atoms with van der Waals surface area (Å²) in [6.45, 7) is 4.59. The van der Waals surface area contributed by atoms with Crippen LogP contribution in [0.15, 0.2) is 54.6 Å². The SMILES string of the molecule is CCC[C@]12c3c4ccc(O)c3O[C@@]1(C)C(=O)C=C[C@@]2(OCCCc1ccccc1)C(NC)C4. The summed E-state index contributed by atoms with van der Waals surface area (Å²) in [7, 11) is 1.96. The first-order chi connectivity index (χ1) is 15.9. The molecule has 0 amide bonds. The number of benzene rings is 2. The van der Waals surface area contributed by atoms with E-state index in [-0.39, 0.29) is 17.6 Å². The van der Waals surface area contributed by atoms with Crippen LogP contribution in [0, 0.1) is 0 Å². The van der Waals surface area contributed by atoms with E-state index in [1.54, 1.807) is 12.1 Å². The maximum atomic E-state index is 13.4. The van der Waals surface area contributed by atoms with E-state index in [2.05, 4.69) is 36.5 Å². The van der Waals surface area contributed by atoms with Crippen molar-refractivity contribution in [2.24, 2.45) is 0 Å². The van der Waals surface area contributed by atoms with Crippen LogP contribution in [-0.4, -0.2) is 41.8 Å². The smallest absolute Gasteiger partial charge is 0.199 e. The van der Waals surface area contributed by atoms with E-state index in [1.807, 2.05) is 32.2 Å². The summed E-state index contributed by atoms with van der Waals surface area (Å²) in [6.07, 6.45) is 7.76. The van der Waals surface area contributed by atoms with E-state index in [0.29, 0.717) is 12.4 Å². The van der Waals surface area contributed by atoms with E-state index in [0.717, 1.165) is 43.2 Å². The first-order valence-electron chi connectivity index (χ1n) is 12.1. The highest BCUT2D eigenvalue weighted by atomic mass is 16.5. The number of nitrogens with one attached hydrogen (secondary N) is 1. The Morgan fingerprint density at radius 3 is 2.73 bits per heavy atom. The van der Waals surface area contributed by atoms with Crippen LogP contribution in [0.4, 0.5) is 0 Å². The standard InChI is InChI=1S/C28H33NO4/c1-4-15-27-24-20-12-13-21(30)25(24)33-26(27,2)23(31)14-16-28(27,22(18-20)29-3)32-17-8-11-19-9-6-5-7-10-19/h5-7,9-10,12-14,16,22,29-30H,4,8,11,15,17-18H2,1-3H3/t22?,26-,27-,28+/m0/s1. The average molecular weight is 448 g/mol. The number of hydrogen-bond acceptors (Lipinski definition) is 5. The molecule has 0 saturated carbocycles. The van der Waals surface area contributed by atoms with Gasteiger partial charge in [0, 0.05) is 18.2 Å². The predicted molar refractivity (Wildman–Crippen MR) is 128 cm³/mol. The van der Waals surface area contributed by atoms with Gasteiger partial charge in [0.25, 0.3) is 0 Å². The minimum Gasteiger partial charge on any atom is -0.504 e. The molecule has 0 spiro atoms. The molecule has 0 saturated heterocycles. The molecule has 0 bridgehead atoms. The fourth-order valence-corrected chi connectivity index (χ4v) is 6.68. The molecule has 0 radical (unpaired) electrons. The Bertz CT molecular complexity index is 1100. The third-order valence-electron chi connectivity index (χ3n) is 8.10. The molecule has 1 heterocycles. The highest BCUT2D eigenvalue weighted by molar-refractivity contribution is 6.02. The number of aryl methyl sites for hydroxylation is 1. The number of ketones is 1. The van der Waals surface area contributed by atoms with Gasteiger partial charge in [-0.15, -0.1) is 0 Å². The fraction of sp³-hybridized carbons (Fsp3) is 0.464. The lowest BCUT2D eigenvalue weighted by Gasteiger charge is -2.60. The number of ether oxygens (including phenoxy) is 2. The average Bonchev–Trinajstić information content (AvgIpc) is 3.11. The number of carbonyl (C=O) groups is 1. The lowest BCUT2D eigenvalue weighted by atomic mass is 9.48. The van der Waals surface area contributed by atoms with E-state index in [1.165, 1.54) is 5.56 Å². The van der Waals surface area contributed by atoms with Gasteiger partial charge in [0.15, 0.2) is 22.9 Å². The Labute approximate surface area is 195 Å². The van der Waals surface area contributed by atoms with Crippen molar-refractivity contribution in [3.8, 4) is 11.5 Å². The molecule has 2 N–H and O–H groups in total. The summed E-state index contributed by atoms with van der Waals surface area (Å²) in [6, 6.07) is 14.1. The normalized spacial score (nSPS) is 31.4. The Morgan fingerprint density at radius 2 is 2.00 bits per heavy atom. The topological polar surface area (TPSA) is 67.8 Å². The molecule has 5 heteroatoms. The Kier molecular flexibility index (Phi) is 5.37. The summed E-state index contributed by atoms with van der Waals surface area (Å²) >= 11 is 0. The van der Waals surface area contributed by atoms with Crippen LogP contribution in [-0.2, 0) is 27.8 Å². The highest BCUT2D eigenvalue weighted by Crippen LogP contribution is 2.66. The van der Waals surface area contributed by atoms with E-state index >= 15 is 0 Å². The maximum Gasteiger partial charge on any atom is 0.199 e. The van der Waals surface area contributed by atoms with Crippen molar-refractivity contribution in [1.29, 1.82) is 0 Å². The highest BCUT2D eigenvalue weighted by Gasteiger charge is 2.75. The van der Waals surface area contributed by atoms with Crippen molar-refractivity contribution >= 4 is 5.78 Å². The summed E-state index contributed by atoms with van der Waals surface area (Å²) in [5.41, 5.74) is 0.746. The van der Waals surface area contributed by atoms with Gasteiger partial charge in [-0.05, 0) is 69.0 Å². The zero-order valence-electron chi connectivity index (χ0n) is 19.7. The van der Waals surface area contributed by atoms with Gasteiger partial charge in [-0.25, -0.2) is 0 Å². The third kappa shape index (κ3) is 2.88. The van der Waals surface area contributed by atoms with E-state index < -0.39 is 16.6 Å². The van der Waals surface area contributed by atoms with Crippen LogP contribution in [0.5, 0.6) is 11.5 Å². The molecule has 4 atom stereocenters. The number of aromatic hydroxyl groups is 1. The number of phenolic OH excluding ortho intramolecular Hbond substituents is 1. The first kappa shape index (κ1) is 22.2. The molecule has 2 aromatic rings. The largest absolute Gasteiger partial charge is 0.504 e. The second kappa shape index (κ2) is 8.00. The molecule has 5 rings (SSSR count). The minimum absolute atomic E-state index is 0.0314. The minimum atomic E-state index is -1.14. The van der Waals surface area contributed by atoms with Crippen molar-refractivity contribution in [3.05, 3.63) is 71.3 Å². The van der Waals surface area contributed by atoms with Crippen molar-refractivity contribution in [2.45, 2.75) is 68.6 Å². The van der Waals surface area contributed by atoms with Gasteiger partial charge in [-0.2, -0.15) is 0 Å². The van der Waals surface area contributed by atoms with Crippen molar-refractivity contribution in [3.63, 3.8) is 0 Å². The van der Waals surface area contributed by atoms with Crippen LogP contribution in [0.25, 0.3) is 0 Å². The van der Waals surface area contributed by atoms with Gasteiger partial charge < -0.3 is 19.9 Å². The number of likely N-dealkylation sites (N-methyl/N-ethyl adjacent to an activating group) is 1. The van der Waals surface area contributed by atoms with Gasteiger partial charge in [0.2, 0.25) is 0 Å². The molecule has 0 aromatic heterocycles. The number of carbonyl (C=O) groups excluding carboxylic acids is 1. The zero-order chi connectivity index (χ0) is 23.3. The second-order valence-corrected chi connectivity index (χ2v) is 9.71. The second-order valence-electron chi connectivity index (χ2n) is 9.71. The number of hydrogen-bond donors (Lipinski definition) is 2. The molecule has 3 aliphatic rings. The van der Waals surface area contributed by atoms with Crippen LogP contribution in [0.3, 0.4) is 0 Å². The van der Waals surface area contributed by atoms with Crippen LogP contribution >= 0.6 is 0 Å². The van der Waals surface area contributed by atoms with Gasteiger partial charge in [-0.1, -0.05) is 49.7 Å². The Hall–Kier alpha value is -2.63. The fourth-order valence-electron chi connectivity index (χ4n) is 6.68. The van der Waals surface area contributed by atoms with Gasteiger partial charge in [0.1, 0.15) is 5.60 Å². The molecule has 2 aliphatic carbocycles. The van der Waals surface area contributed by atoms with E-state index in [4.69, 9.17) is 9.47 Å². The van der Waals surface area contributed by atoms with Crippen molar-refractivity contribution < 1.29 is 19.4 Å². The zero-order valence-corrected chi connectivity index (χ0v) is 19.7. The summed E-state index contributed by atoms with van der Waals surface area (Å²) < 4.78 is 13.3. The van der Waals surface area contributed by atoms with Crippen LogP contribution in [0.2, 0.25) is 0 Å².